The average Bonchev–Trinajstić information content (AvgIpc) is 2.74. The van der Waals surface area contributed by atoms with Crippen molar-refractivity contribution in [3.63, 3.8) is 0 Å². The largest absolute Gasteiger partial charge is 0.481 e. The van der Waals surface area contributed by atoms with Crippen LogP contribution in [0.2, 0.25) is 0 Å². The van der Waals surface area contributed by atoms with Gasteiger partial charge < -0.3 is 20.1 Å². The summed E-state index contributed by atoms with van der Waals surface area (Å²) in [6.07, 6.45) is 0. The predicted molar refractivity (Wildman–Crippen MR) is 75.5 cm³/mol. The molecule has 1 fully saturated rings. The number of ether oxygens (including phenoxy) is 1. The van der Waals surface area contributed by atoms with E-state index in [0.29, 0.717) is 24.9 Å². The quantitative estimate of drug-likeness (QED) is 0.774. The zero-order valence-electron chi connectivity index (χ0n) is 12.8. The first kappa shape index (κ1) is 16.8. The number of carbonyl (C=O) groups is 2. The fourth-order valence-corrected chi connectivity index (χ4v) is 2.31. The van der Waals surface area contributed by atoms with Gasteiger partial charge >= 0.3 is 12.0 Å². The summed E-state index contributed by atoms with van der Waals surface area (Å²) in [6, 6.07) is -0.643. The molecule has 1 aliphatic heterocycles. The Balaban J connectivity index is 2.62. The predicted octanol–water partition coefficient (Wildman–Crippen LogP) is 1.41. The van der Waals surface area contributed by atoms with E-state index in [4.69, 9.17) is 9.84 Å². The van der Waals surface area contributed by atoms with Crippen molar-refractivity contribution < 1.29 is 19.4 Å². The SMILES string of the molecule is CC(C)CN(CC(C)C)C(=O)NC1COCC1C(=O)O. The van der Waals surface area contributed by atoms with E-state index in [2.05, 4.69) is 33.0 Å². The first-order valence-electron chi connectivity index (χ1n) is 7.17. The minimum atomic E-state index is -0.924. The molecular formula is C14H26N2O4. The molecule has 1 rings (SSSR count). The molecule has 2 unspecified atom stereocenters. The molecule has 0 aliphatic carbocycles. The molecule has 2 amide bonds. The van der Waals surface area contributed by atoms with E-state index in [1.165, 1.54) is 0 Å². The highest BCUT2D eigenvalue weighted by Gasteiger charge is 2.35. The van der Waals surface area contributed by atoms with Gasteiger partial charge in [-0.1, -0.05) is 27.7 Å². The second-order valence-corrected chi connectivity index (χ2v) is 6.23. The molecular weight excluding hydrogens is 260 g/mol. The highest BCUT2D eigenvalue weighted by Crippen LogP contribution is 2.15. The first-order chi connectivity index (χ1) is 9.31. The summed E-state index contributed by atoms with van der Waals surface area (Å²) in [5, 5.41) is 11.9. The Morgan fingerprint density at radius 1 is 1.20 bits per heavy atom. The maximum Gasteiger partial charge on any atom is 0.317 e. The Kier molecular flexibility index (Phi) is 6.26. The molecule has 1 saturated heterocycles. The molecule has 1 heterocycles. The highest BCUT2D eigenvalue weighted by atomic mass is 16.5. The standard InChI is InChI=1S/C14H26N2O4/c1-9(2)5-16(6-10(3)4)14(19)15-12-8-20-7-11(12)13(17)18/h9-12H,5-8H2,1-4H3,(H,15,19)(H,17,18). The minimum absolute atomic E-state index is 0.161. The summed E-state index contributed by atoms with van der Waals surface area (Å²) in [4.78, 5) is 25.1. The number of nitrogens with one attached hydrogen (secondary N) is 1. The van der Waals surface area contributed by atoms with Crippen LogP contribution in [0.15, 0.2) is 0 Å². The van der Waals surface area contributed by atoms with Gasteiger partial charge in [0.1, 0.15) is 5.92 Å². The van der Waals surface area contributed by atoms with E-state index in [1.807, 2.05) is 0 Å². The van der Waals surface area contributed by atoms with Crippen LogP contribution in [0.3, 0.4) is 0 Å². The van der Waals surface area contributed by atoms with Crippen molar-refractivity contribution in [1.29, 1.82) is 0 Å². The van der Waals surface area contributed by atoms with Gasteiger partial charge in [-0.2, -0.15) is 0 Å². The van der Waals surface area contributed by atoms with E-state index in [-0.39, 0.29) is 19.2 Å². The van der Waals surface area contributed by atoms with Crippen LogP contribution >= 0.6 is 0 Å². The summed E-state index contributed by atoms with van der Waals surface area (Å²) in [5.41, 5.74) is 0. The third-order valence-corrected chi connectivity index (χ3v) is 3.16. The first-order valence-corrected chi connectivity index (χ1v) is 7.17. The maximum atomic E-state index is 12.3. The molecule has 0 radical (unpaired) electrons. The molecule has 6 heteroatoms. The van der Waals surface area contributed by atoms with Gasteiger partial charge in [0, 0.05) is 13.1 Å². The fraction of sp³-hybridized carbons (Fsp3) is 0.857. The molecule has 0 aromatic rings. The normalized spacial score (nSPS) is 22.3. The van der Waals surface area contributed by atoms with Crippen LogP contribution in [0.1, 0.15) is 27.7 Å². The Morgan fingerprint density at radius 3 is 2.20 bits per heavy atom. The summed E-state index contributed by atoms with van der Waals surface area (Å²) >= 11 is 0. The van der Waals surface area contributed by atoms with Gasteiger partial charge in [-0.3, -0.25) is 4.79 Å². The molecule has 0 bridgehead atoms. The van der Waals surface area contributed by atoms with Gasteiger partial charge in [0.2, 0.25) is 0 Å². The van der Waals surface area contributed by atoms with E-state index in [1.54, 1.807) is 4.90 Å². The number of aliphatic carboxylic acids is 1. The number of rotatable bonds is 6. The second kappa shape index (κ2) is 7.47. The van der Waals surface area contributed by atoms with Gasteiger partial charge in [-0.05, 0) is 11.8 Å². The third-order valence-electron chi connectivity index (χ3n) is 3.16. The number of carboxylic acid groups (broad SMARTS) is 1. The highest BCUT2D eigenvalue weighted by molar-refractivity contribution is 5.77. The van der Waals surface area contributed by atoms with Crippen LogP contribution in [-0.4, -0.2) is 54.4 Å². The van der Waals surface area contributed by atoms with Gasteiger partial charge in [-0.25, -0.2) is 4.79 Å². The lowest BCUT2D eigenvalue weighted by molar-refractivity contribution is -0.142. The summed E-state index contributed by atoms with van der Waals surface area (Å²) in [6.45, 7) is 9.97. The van der Waals surface area contributed by atoms with Gasteiger partial charge in [-0.15, -0.1) is 0 Å². The Hall–Kier alpha value is -1.30. The zero-order valence-corrected chi connectivity index (χ0v) is 12.8. The van der Waals surface area contributed by atoms with Crippen molar-refractivity contribution in [2.75, 3.05) is 26.3 Å². The third kappa shape index (κ3) is 5.00. The lowest BCUT2D eigenvalue weighted by Gasteiger charge is -2.28. The number of carbonyl (C=O) groups excluding carboxylic acids is 1. The topological polar surface area (TPSA) is 78.9 Å². The molecule has 0 aromatic heterocycles. The van der Waals surface area contributed by atoms with Crippen molar-refractivity contribution in [2.45, 2.75) is 33.7 Å². The molecule has 2 N–H and O–H groups in total. The van der Waals surface area contributed by atoms with E-state index < -0.39 is 17.9 Å². The van der Waals surface area contributed by atoms with Crippen molar-refractivity contribution >= 4 is 12.0 Å². The number of hydrogen-bond acceptors (Lipinski definition) is 3. The molecule has 1 aliphatic rings. The number of carboxylic acids is 1. The molecule has 6 nitrogen and oxygen atoms in total. The van der Waals surface area contributed by atoms with Crippen LogP contribution in [0.25, 0.3) is 0 Å². The van der Waals surface area contributed by atoms with E-state index >= 15 is 0 Å². The summed E-state index contributed by atoms with van der Waals surface area (Å²) < 4.78 is 5.16. The van der Waals surface area contributed by atoms with Gasteiger partial charge in [0.25, 0.3) is 0 Å². The van der Waals surface area contributed by atoms with Crippen molar-refractivity contribution in [3.05, 3.63) is 0 Å². The van der Waals surface area contributed by atoms with Crippen molar-refractivity contribution in [3.8, 4) is 0 Å². The Labute approximate surface area is 120 Å². The number of nitrogens with zero attached hydrogens (tertiary/aromatic N) is 1. The van der Waals surface area contributed by atoms with Crippen LogP contribution in [0, 0.1) is 17.8 Å². The number of urea groups is 1. The molecule has 2 atom stereocenters. The van der Waals surface area contributed by atoms with Crippen LogP contribution in [0.5, 0.6) is 0 Å². The van der Waals surface area contributed by atoms with Crippen molar-refractivity contribution in [1.82, 2.24) is 10.2 Å². The lowest BCUT2D eigenvalue weighted by atomic mass is 10.0. The summed E-state index contributed by atoms with van der Waals surface area (Å²) in [7, 11) is 0. The smallest absolute Gasteiger partial charge is 0.317 e. The Bertz CT molecular complexity index is 334. The average molecular weight is 286 g/mol. The number of amides is 2. The van der Waals surface area contributed by atoms with E-state index in [9.17, 15) is 9.59 Å². The van der Waals surface area contributed by atoms with Crippen LogP contribution in [-0.2, 0) is 9.53 Å². The zero-order chi connectivity index (χ0) is 15.3. The monoisotopic (exact) mass is 286 g/mol. The molecule has 0 saturated carbocycles. The minimum Gasteiger partial charge on any atom is -0.481 e. The summed E-state index contributed by atoms with van der Waals surface area (Å²) in [5.74, 6) is -0.838. The van der Waals surface area contributed by atoms with Crippen LogP contribution < -0.4 is 5.32 Å². The van der Waals surface area contributed by atoms with Gasteiger partial charge in [0.05, 0.1) is 19.3 Å². The molecule has 0 spiro atoms. The molecule has 0 aromatic carbocycles. The second-order valence-electron chi connectivity index (χ2n) is 6.23. The van der Waals surface area contributed by atoms with Crippen LogP contribution in [0.4, 0.5) is 4.79 Å². The maximum absolute atomic E-state index is 12.3. The van der Waals surface area contributed by atoms with Crippen molar-refractivity contribution in [2.24, 2.45) is 17.8 Å². The lowest BCUT2D eigenvalue weighted by Crippen LogP contribution is -2.50. The van der Waals surface area contributed by atoms with E-state index in [0.717, 1.165) is 0 Å². The Morgan fingerprint density at radius 2 is 1.75 bits per heavy atom. The molecule has 116 valence electrons. The fourth-order valence-electron chi connectivity index (χ4n) is 2.31. The molecule has 20 heavy (non-hydrogen) atoms. The number of hydrogen-bond donors (Lipinski definition) is 2. The van der Waals surface area contributed by atoms with Gasteiger partial charge in [0.15, 0.2) is 0 Å².